The number of hydrogen-bond donors (Lipinski definition) is 0. The molecule has 3 aromatic rings. The minimum absolute atomic E-state index is 0.00341. The second-order valence-corrected chi connectivity index (χ2v) is 10.2. The molecular weight excluding hydrogens is 418 g/mol. The van der Waals surface area contributed by atoms with Crippen LogP contribution in [0.3, 0.4) is 0 Å². The highest BCUT2D eigenvalue weighted by Gasteiger charge is 2.34. The van der Waals surface area contributed by atoms with E-state index in [0.717, 1.165) is 21.9 Å². The molecule has 1 amide bonds. The van der Waals surface area contributed by atoms with Crippen molar-refractivity contribution in [3.63, 3.8) is 0 Å². The van der Waals surface area contributed by atoms with E-state index in [-0.39, 0.29) is 23.5 Å². The van der Waals surface area contributed by atoms with Gasteiger partial charge in [-0.3, -0.25) is 4.79 Å². The van der Waals surface area contributed by atoms with Crippen molar-refractivity contribution in [3.8, 4) is 0 Å². The summed E-state index contributed by atoms with van der Waals surface area (Å²) in [5.41, 5.74) is 1.74. The quantitative estimate of drug-likeness (QED) is 0.540. The lowest BCUT2D eigenvalue weighted by atomic mass is 10.0. The highest BCUT2D eigenvalue weighted by molar-refractivity contribution is 7.91. The van der Waals surface area contributed by atoms with Crippen LogP contribution in [0.4, 0.5) is 0 Å². The summed E-state index contributed by atoms with van der Waals surface area (Å²) in [6.45, 7) is 0.354. The minimum Gasteiger partial charge on any atom is -0.331 e. The van der Waals surface area contributed by atoms with Gasteiger partial charge < -0.3 is 4.90 Å². The maximum Gasteiger partial charge on any atom is 0.247 e. The van der Waals surface area contributed by atoms with Gasteiger partial charge in [0.25, 0.3) is 0 Å². The van der Waals surface area contributed by atoms with Crippen LogP contribution in [0.1, 0.15) is 17.5 Å². The monoisotopic (exact) mass is 439 g/mol. The Morgan fingerprint density at radius 3 is 2.53 bits per heavy atom. The number of hydrogen-bond acceptors (Lipinski definition) is 3. The van der Waals surface area contributed by atoms with Crippen molar-refractivity contribution >= 4 is 44.2 Å². The fraction of sp³-hybridized carbons (Fsp3) is 0.208. The van der Waals surface area contributed by atoms with Gasteiger partial charge in [-0.25, -0.2) is 8.42 Å². The molecule has 1 saturated heterocycles. The number of rotatable bonds is 5. The first-order valence-corrected chi connectivity index (χ1v) is 12.0. The SMILES string of the molecule is O=C(/C=C/c1ccccc1Cl)N(Cc1cccc2ccccc12)[C@@H]1CCS(=O)(=O)C1. The van der Waals surface area contributed by atoms with Gasteiger partial charge in [0.1, 0.15) is 0 Å². The third kappa shape index (κ3) is 4.58. The maximum atomic E-state index is 13.2. The van der Waals surface area contributed by atoms with Gasteiger partial charge in [0.2, 0.25) is 5.91 Å². The first-order chi connectivity index (χ1) is 14.4. The van der Waals surface area contributed by atoms with E-state index in [1.807, 2.05) is 60.7 Å². The zero-order chi connectivity index (χ0) is 21.1. The Labute approximate surface area is 181 Å². The summed E-state index contributed by atoms with van der Waals surface area (Å²) >= 11 is 6.19. The van der Waals surface area contributed by atoms with Crippen molar-refractivity contribution in [1.82, 2.24) is 4.90 Å². The van der Waals surface area contributed by atoms with E-state index < -0.39 is 9.84 Å². The van der Waals surface area contributed by atoms with Crippen molar-refractivity contribution in [1.29, 1.82) is 0 Å². The van der Waals surface area contributed by atoms with E-state index in [4.69, 9.17) is 11.6 Å². The summed E-state index contributed by atoms with van der Waals surface area (Å²) in [5, 5.41) is 2.72. The number of carbonyl (C=O) groups excluding carboxylic acids is 1. The number of benzene rings is 3. The predicted octanol–water partition coefficient (Wildman–Crippen LogP) is 4.72. The molecule has 0 radical (unpaired) electrons. The van der Waals surface area contributed by atoms with E-state index in [2.05, 4.69) is 0 Å². The Morgan fingerprint density at radius 2 is 1.77 bits per heavy atom. The lowest BCUT2D eigenvalue weighted by Gasteiger charge is -2.28. The number of fused-ring (bicyclic) bond motifs is 1. The van der Waals surface area contributed by atoms with Gasteiger partial charge >= 0.3 is 0 Å². The minimum atomic E-state index is -3.12. The Bertz CT molecular complexity index is 1210. The van der Waals surface area contributed by atoms with Crippen molar-refractivity contribution in [2.75, 3.05) is 11.5 Å². The van der Waals surface area contributed by atoms with Gasteiger partial charge in [0.05, 0.1) is 11.5 Å². The molecule has 1 fully saturated rings. The molecule has 0 saturated carbocycles. The molecule has 30 heavy (non-hydrogen) atoms. The van der Waals surface area contributed by atoms with E-state index in [9.17, 15) is 13.2 Å². The van der Waals surface area contributed by atoms with E-state index in [1.54, 1.807) is 17.0 Å². The summed E-state index contributed by atoms with van der Waals surface area (Å²) < 4.78 is 24.2. The van der Waals surface area contributed by atoms with Gasteiger partial charge in [-0.15, -0.1) is 0 Å². The van der Waals surface area contributed by atoms with Gasteiger partial charge in [0, 0.05) is 23.7 Å². The zero-order valence-corrected chi connectivity index (χ0v) is 17.9. The van der Waals surface area contributed by atoms with Crippen molar-refractivity contribution < 1.29 is 13.2 Å². The highest BCUT2D eigenvalue weighted by atomic mass is 35.5. The molecule has 0 unspecified atom stereocenters. The maximum absolute atomic E-state index is 13.2. The van der Waals surface area contributed by atoms with Crippen molar-refractivity contribution in [3.05, 3.63) is 89.0 Å². The van der Waals surface area contributed by atoms with E-state index in [0.29, 0.717) is 18.0 Å². The summed E-state index contributed by atoms with van der Waals surface area (Å²) in [4.78, 5) is 14.8. The molecule has 0 spiro atoms. The van der Waals surface area contributed by atoms with Crippen LogP contribution in [-0.4, -0.2) is 36.8 Å². The Balaban J connectivity index is 1.66. The summed E-state index contributed by atoms with van der Waals surface area (Å²) in [6, 6.07) is 20.9. The van der Waals surface area contributed by atoms with E-state index >= 15 is 0 Å². The predicted molar refractivity (Wildman–Crippen MR) is 122 cm³/mol. The molecule has 3 aromatic carbocycles. The van der Waals surface area contributed by atoms with Gasteiger partial charge in [-0.05, 0) is 40.5 Å². The topological polar surface area (TPSA) is 54.5 Å². The third-order valence-electron chi connectivity index (χ3n) is 5.46. The lowest BCUT2D eigenvalue weighted by Crippen LogP contribution is -2.39. The van der Waals surface area contributed by atoms with Gasteiger partial charge in [-0.2, -0.15) is 0 Å². The molecule has 4 nitrogen and oxygen atoms in total. The molecule has 4 rings (SSSR count). The summed E-state index contributed by atoms with van der Waals surface area (Å²) in [5.74, 6) is -0.0979. The Kier molecular flexibility index (Phi) is 5.93. The second kappa shape index (κ2) is 8.62. The smallest absolute Gasteiger partial charge is 0.247 e. The lowest BCUT2D eigenvalue weighted by molar-refractivity contribution is -0.128. The molecule has 0 N–H and O–H groups in total. The molecule has 1 atom stereocenters. The number of halogens is 1. The molecule has 0 bridgehead atoms. The molecule has 0 aromatic heterocycles. The molecule has 1 aliphatic rings. The number of amides is 1. The fourth-order valence-electron chi connectivity index (χ4n) is 3.89. The average Bonchev–Trinajstić information content (AvgIpc) is 3.10. The van der Waals surface area contributed by atoms with Gasteiger partial charge in [-0.1, -0.05) is 72.3 Å². The third-order valence-corrected chi connectivity index (χ3v) is 7.56. The average molecular weight is 440 g/mol. The van der Waals surface area contributed by atoms with Crippen molar-refractivity contribution in [2.24, 2.45) is 0 Å². The number of carbonyl (C=O) groups is 1. The molecule has 0 aliphatic carbocycles. The van der Waals surface area contributed by atoms with Crippen LogP contribution in [-0.2, 0) is 21.2 Å². The van der Waals surface area contributed by atoms with Crippen LogP contribution >= 0.6 is 11.6 Å². The van der Waals surface area contributed by atoms with Crippen molar-refractivity contribution in [2.45, 2.75) is 19.0 Å². The number of sulfone groups is 1. The number of nitrogens with zero attached hydrogens (tertiary/aromatic N) is 1. The van der Waals surface area contributed by atoms with Crippen LogP contribution in [0.25, 0.3) is 16.8 Å². The standard InChI is InChI=1S/C24H22ClNO3S/c25-23-11-4-2-7-19(23)12-13-24(27)26(21-14-15-30(28,29)17-21)16-20-9-5-8-18-6-1-3-10-22(18)20/h1-13,21H,14-17H2/b13-12+/t21-/m1/s1. The van der Waals surface area contributed by atoms with Gasteiger partial charge in [0.15, 0.2) is 9.84 Å². The summed E-state index contributed by atoms with van der Waals surface area (Å²) in [6.07, 6.45) is 3.63. The van der Waals surface area contributed by atoms with Crippen LogP contribution in [0.5, 0.6) is 0 Å². The largest absolute Gasteiger partial charge is 0.331 e. The first-order valence-electron chi connectivity index (χ1n) is 9.83. The Hall–Kier alpha value is -2.63. The van der Waals surface area contributed by atoms with Crippen LogP contribution in [0, 0.1) is 0 Å². The van der Waals surface area contributed by atoms with Crippen LogP contribution in [0.15, 0.2) is 72.8 Å². The molecule has 154 valence electrons. The second-order valence-electron chi connectivity index (χ2n) is 7.52. The van der Waals surface area contributed by atoms with Crippen LogP contribution < -0.4 is 0 Å². The molecule has 6 heteroatoms. The zero-order valence-electron chi connectivity index (χ0n) is 16.4. The highest BCUT2D eigenvalue weighted by Crippen LogP contribution is 2.25. The van der Waals surface area contributed by atoms with E-state index in [1.165, 1.54) is 6.08 Å². The first kappa shape index (κ1) is 20.6. The van der Waals surface area contributed by atoms with Crippen LogP contribution in [0.2, 0.25) is 5.02 Å². The Morgan fingerprint density at radius 1 is 1.03 bits per heavy atom. The normalized spacial score (nSPS) is 18.1. The summed E-state index contributed by atoms with van der Waals surface area (Å²) in [7, 11) is -3.12. The fourth-order valence-corrected chi connectivity index (χ4v) is 5.82. The molecule has 1 aliphatic heterocycles. The molecular formula is C24H22ClNO3S. The molecule has 1 heterocycles.